The molecule has 2 aliphatic rings. The number of ether oxygens (including phenoxy) is 2. The van der Waals surface area contributed by atoms with Crippen molar-refractivity contribution in [2.75, 3.05) is 51.1 Å². The van der Waals surface area contributed by atoms with Crippen LogP contribution in [0.15, 0.2) is 18.2 Å². The van der Waals surface area contributed by atoms with E-state index in [1.165, 1.54) is 16.7 Å². The molecular formula is C15H20N3O3S2+. The predicted molar refractivity (Wildman–Crippen MR) is 94.4 cm³/mol. The van der Waals surface area contributed by atoms with E-state index in [2.05, 4.69) is 17.3 Å². The van der Waals surface area contributed by atoms with Gasteiger partial charge in [0.2, 0.25) is 12.7 Å². The molecule has 1 amide bonds. The van der Waals surface area contributed by atoms with Gasteiger partial charge in [0.25, 0.3) is 0 Å². The van der Waals surface area contributed by atoms with Crippen molar-refractivity contribution in [1.29, 1.82) is 0 Å². The lowest BCUT2D eigenvalue weighted by atomic mass is 10.3. The summed E-state index contributed by atoms with van der Waals surface area (Å²) in [6.07, 6.45) is 0. The third-order valence-electron chi connectivity index (χ3n) is 3.86. The molecule has 2 N–H and O–H groups in total. The second-order valence-electron chi connectivity index (χ2n) is 5.61. The van der Waals surface area contributed by atoms with Gasteiger partial charge >= 0.3 is 0 Å². The van der Waals surface area contributed by atoms with Gasteiger partial charge in [0, 0.05) is 11.8 Å². The molecule has 1 aromatic carbocycles. The fourth-order valence-electron chi connectivity index (χ4n) is 2.46. The van der Waals surface area contributed by atoms with Gasteiger partial charge in [-0.15, -0.1) is 0 Å². The fraction of sp³-hybridized carbons (Fsp3) is 0.467. The monoisotopic (exact) mass is 354 g/mol. The van der Waals surface area contributed by atoms with Crippen LogP contribution in [0, 0.1) is 0 Å². The average Bonchev–Trinajstić information content (AvgIpc) is 3.01. The molecule has 124 valence electrons. The van der Waals surface area contributed by atoms with Crippen molar-refractivity contribution in [2.45, 2.75) is 0 Å². The summed E-state index contributed by atoms with van der Waals surface area (Å²) in [5.74, 6) is 1.60. The number of nitrogens with zero attached hydrogens (tertiary/aromatic N) is 1. The lowest BCUT2D eigenvalue weighted by Gasteiger charge is -2.31. The second-order valence-corrected chi connectivity index (χ2v) is 7.22. The quantitative estimate of drug-likeness (QED) is 0.757. The Labute approximate surface area is 145 Å². The number of likely N-dealkylation sites (N-methyl/N-ethyl adjacent to an activating group) is 1. The van der Waals surface area contributed by atoms with Gasteiger partial charge in [-0.25, -0.2) is 0 Å². The van der Waals surface area contributed by atoms with E-state index in [0.717, 1.165) is 30.5 Å². The second kappa shape index (κ2) is 7.37. The minimum Gasteiger partial charge on any atom is -0.454 e. The number of fused-ring (bicyclic) bond motifs is 1. The van der Waals surface area contributed by atoms with Gasteiger partial charge < -0.3 is 24.6 Å². The zero-order chi connectivity index (χ0) is 16.2. The number of anilines is 1. The lowest BCUT2D eigenvalue weighted by Crippen LogP contribution is -3.12. The molecule has 2 heterocycles. The van der Waals surface area contributed by atoms with Crippen LogP contribution in [-0.4, -0.2) is 60.9 Å². The smallest absolute Gasteiger partial charge is 0.234 e. The Hall–Kier alpha value is -1.51. The van der Waals surface area contributed by atoms with Crippen LogP contribution in [-0.2, 0) is 4.79 Å². The van der Waals surface area contributed by atoms with Gasteiger partial charge in [0.05, 0.1) is 39.0 Å². The van der Waals surface area contributed by atoms with Crippen LogP contribution in [0.3, 0.4) is 0 Å². The highest BCUT2D eigenvalue weighted by molar-refractivity contribution is 8.23. The van der Waals surface area contributed by atoms with Crippen LogP contribution in [0.25, 0.3) is 0 Å². The molecule has 0 bridgehead atoms. The number of carbonyl (C=O) groups excluding carboxylic acids is 1. The minimum atomic E-state index is -0.0732. The van der Waals surface area contributed by atoms with E-state index in [0.29, 0.717) is 22.9 Å². The Kier molecular flexibility index (Phi) is 5.24. The first-order valence-electron chi connectivity index (χ1n) is 7.54. The van der Waals surface area contributed by atoms with Gasteiger partial charge in [0.15, 0.2) is 11.5 Å². The molecule has 0 aliphatic carbocycles. The number of amides is 1. The number of nitrogens with one attached hydrogen (secondary N) is 2. The Morgan fingerprint density at radius 3 is 2.87 bits per heavy atom. The number of hydrogen-bond donors (Lipinski definition) is 2. The van der Waals surface area contributed by atoms with E-state index in [4.69, 9.17) is 21.7 Å². The van der Waals surface area contributed by atoms with E-state index >= 15 is 0 Å². The number of carbonyl (C=O) groups is 1. The molecule has 3 rings (SSSR count). The Balaban J connectivity index is 1.45. The van der Waals surface area contributed by atoms with Crippen molar-refractivity contribution in [3.8, 4) is 11.5 Å². The summed E-state index contributed by atoms with van der Waals surface area (Å²) >= 11 is 6.84. The maximum atomic E-state index is 12.1. The topological polar surface area (TPSA) is 55.2 Å². The van der Waals surface area contributed by atoms with Crippen LogP contribution in [0.1, 0.15) is 0 Å². The van der Waals surface area contributed by atoms with Crippen LogP contribution in [0.2, 0.25) is 0 Å². The summed E-state index contributed by atoms with van der Waals surface area (Å²) in [5.41, 5.74) is 0.703. The number of quaternary nitrogens is 1. The number of thiocarbonyl (C=S) groups is 1. The highest BCUT2D eigenvalue weighted by Crippen LogP contribution is 2.34. The summed E-state index contributed by atoms with van der Waals surface area (Å²) in [4.78, 5) is 15.8. The Morgan fingerprint density at radius 2 is 2.09 bits per heavy atom. The fourth-order valence-corrected chi connectivity index (χ4v) is 3.51. The molecule has 0 radical (unpaired) electrons. The third-order valence-corrected chi connectivity index (χ3v) is 5.38. The molecule has 2 aliphatic heterocycles. The number of piperazine rings is 1. The van der Waals surface area contributed by atoms with E-state index in [1.807, 2.05) is 0 Å². The molecule has 1 saturated heterocycles. The standard InChI is InChI=1S/C15H19N3O3S2/c1-17-4-6-18(7-5-17)15(22)23-9-14(19)16-11-2-3-12-13(8-11)21-10-20-12/h2-3,8H,4-7,9-10H2,1H3,(H,16,19)/p+1. The van der Waals surface area contributed by atoms with Gasteiger partial charge in [0.1, 0.15) is 4.32 Å². The Bertz CT molecular complexity index is 604. The Morgan fingerprint density at radius 1 is 1.35 bits per heavy atom. The number of rotatable bonds is 3. The zero-order valence-corrected chi connectivity index (χ0v) is 14.6. The van der Waals surface area contributed by atoms with Crippen LogP contribution in [0.4, 0.5) is 5.69 Å². The molecule has 6 nitrogen and oxygen atoms in total. The van der Waals surface area contributed by atoms with Crippen molar-refractivity contribution in [1.82, 2.24) is 4.90 Å². The summed E-state index contributed by atoms with van der Waals surface area (Å²) < 4.78 is 11.4. The third kappa shape index (κ3) is 4.27. The van der Waals surface area contributed by atoms with Crippen molar-refractivity contribution in [3.05, 3.63) is 18.2 Å². The van der Waals surface area contributed by atoms with Gasteiger partial charge in [-0.2, -0.15) is 0 Å². The molecule has 1 aromatic rings. The predicted octanol–water partition coefficient (Wildman–Crippen LogP) is 0.202. The molecule has 0 aromatic heterocycles. The molecule has 0 atom stereocenters. The SMILES string of the molecule is C[NH+]1CCN(C(=S)SCC(=O)Nc2ccc3c(c2)OCO3)CC1. The molecule has 8 heteroatoms. The molecule has 1 fully saturated rings. The van der Waals surface area contributed by atoms with E-state index in [-0.39, 0.29) is 12.7 Å². The maximum Gasteiger partial charge on any atom is 0.234 e. The maximum absolute atomic E-state index is 12.1. The van der Waals surface area contributed by atoms with Gasteiger partial charge in [-0.05, 0) is 12.1 Å². The van der Waals surface area contributed by atoms with Gasteiger partial charge in [-0.1, -0.05) is 24.0 Å². The average molecular weight is 354 g/mol. The summed E-state index contributed by atoms with van der Waals surface area (Å²) in [5, 5.41) is 2.86. The summed E-state index contributed by atoms with van der Waals surface area (Å²) in [7, 11) is 2.19. The highest BCUT2D eigenvalue weighted by Gasteiger charge is 2.20. The van der Waals surface area contributed by atoms with E-state index in [1.54, 1.807) is 18.2 Å². The van der Waals surface area contributed by atoms with Crippen LogP contribution < -0.4 is 19.7 Å². The molecular weight excluding hydrogens is 334 g/mol. The number of thioether (sulfide) groups is 1. The first-order chi connectivity index (χ1) is 11.1. The van der Waals surface area contributed by atoms with Crippen molar-refractivity contribution >= 4 is 39.9 Å². The largest absolute Gasteiger partial charge is 0.454 e. The van der Waals surface area contributed by atoms with Crippen LogP contribution in [0.5, 0.6) is 11.5 Å². The number of hydrogen-bond acceptors (Lipinski definition) is 5. The minimum absolute atomic E-state index is 0.0732. The first-order valence-corrected chi connectivity index (χ1v) is 8.94. The summed E-state index contributed by atoms with van der Waals surface area (Å²) in [6, 6.07) is 5.37. The van der Waals surface area contributed by atoms with Gasteiger partial charge in [-0.3, -0.25) is 4.79 Å². The van der Waals surface area contributed by atoms with E-state index < -0.39 is 0 Å². The van der Waals surface area contributed by atoms with E-state index in [9.17, 15) is 4.79 Å². The molecule has 23 heavy (non-hydrogen) atoms. The molecule has 0 unspecified atom stereocenters. The number of benzene rings is 1. The summed E-state index contributed by atoms with van der Waals surface area (Å²) in [6.45, 7) is 4.32. The lowest BCUT2D eigenvalue weighted by molar-refractivity contribution is -0.883. The first kappa shape index (κ1) is 16.4. The molecule has 0 saturated carbocycles. The zero-order valence-electron chi connectivity index (χ0n) is 13.0. The van der Waals surface area contributed by atoms with Crippen molar-refractivity contribution in [3.63, 3.8) is 0 Å². The normalized spacial score (nSPS) is 17.2. The van der Waals surface area contributed by atoms with Crippen molar-refractivity contribution in [2.24, 2.45) is 0 Å². The highest BCUT2D eigenvalue weighted by atomic mass is 32.2. The van der Waals surface area contributed by atoms with Crippen LogP contribution >= 0.6 is 24.0 Å². The molecule has 0 spiro atoms. The van der Waals surface area contributed by atoms with Crippen molar-refractivity contribution < 1.29 is 19.2 Å².